The van der Waals surface area contributed by atoms with Crippen molar-refractivity contribution in [3.63, 3.8) is 0 Å². The van der Waals surface area contributed by atoms with Gasteiger partial charge >= 0.3 is 0 Å². The first-order chi connectivity index (χ1) is 6.31. The highest BCUT2D eigenvalue weighted by Crippen LogP contribution is 2.10. The van der Waals surface area contributed by atoms with E-state index < -0.39 is 0 Å². The molecule has 0 unspecified atom stereocenters. The predicted octanol–water partition coefficient (Wildman–Crippen LogP) is 0.0935. The Labute approximate surface area is 75.2 Å². The van der Waals surface area contributed by atoms with Crippen molar-refractivity contribution in [1.82, 2.24) is 29.8 Å². The molecule has 0 aromatic carbocycles. The van der Waals surface area contributed by atoms with E-state index in [0.29, 0.717) is 0 Å². The van der Waals surface area contributed by atoms with Gasteiger partial charge in [-0.1, -0.05) is 0 Å². The highest BCUT2D eigenvalue weighted by Gasteiger charge is 2.08. The standard InChI is InChI=1S/C7H10N6/c1-3-13-5-8-10-7(13)6-4-9-12(2)11-6/h4-5H,3H2,1-2H3. The van der Waals surface area contributed by atoms with Gasteiger partial charge in [0.05, 0.1) is 6.20 Å². The van der Waals surface area contributed by atoms with Gasteiger partial charge in [-0.05, 0) is 6.92 Å². The molecule has 0 spiro atoms. The molecule has 0 bridgehead atoms. The van der Waals surface area contributed by atoms with E-state index in [1.165, 1.54) is 4.80 Å². The molecule has 68 valence electrons. The van der Waals surface area contributed by atoms with Gasteiger partial charge < -0.3 is 4.57 Å². The SMILES string of the molecule is CCn1cnnc1-c1cnn(C)n1. The van der Waals surface area contributed by atoms with E-state index in [4.69, 9.17) is 0 Å². The van der Waals surface area contributed by atoms with Crippen LogP contribution in [-0.4, -0.2) is 29.8 Å². The quantitative estimate of drug-likeness (QED) is 0.654. The second kappa shape index (κ2) is 2.96. The third-order valence-electron chi connectivity index (χ3n) is 1.78. The van der Waals surface area contributed by atoms with Crippen LogP contribution in [0.5, 0.6) is 0 Å². The van der Waals surface area contributed by atoms with Crippen molar-refractivity contribution in [2.45, 2.75) is 13.5 Å². The number of rotatable bonds is 2. The molecular weight excluding hydrogens is 168 g/mol. The monoisotopic (exact) mass is 178 g/mol. The first-order valence-electron chi connectivity index (χ1n) is 4.05. The summed E-state index contributed by atoms with van der Waals surface area (Å²) in [4.78, 5) is 1.50. The van der Waals surface area contributed by atoms with Crippen molar-refractivity contribution in [1.29, 1.82) is 0 Å². The molecule has 0 radical (unpaired) electrons. The van der Waals surface area contributed by atoms with E-state index in [-0.39, 0.29) is 0 Å². The van der Waals surface area contributed by atoms with Crippen molar-refractivity contribution >= 4 is 0 Å². The summed E-state index contributed by atoms with van der Waals surface area (Å²) in [5.41, 5.74) is 0.752. The maximum Gasteiger partial charge on any atom is 0.185 e. The third-order valence-corrected chi connectivity index (χ3v) is 1.78. The summed E-state index contributed by atoms with van der Waals surface area (Å²) >= 11 is 0. The second-order valence-electron chi connectivity index (χ2n) is 2.66. The molecule has 0 saturated heterocycles. The Bertz CT molecular complexity index is 401. The number of aromatic nitrogens is 6. The minimum absolute atomic E-state index is 0.752. The Morgan fingerprint density at radius 3 is 2.92 bits per heavy atom. The van der Waals surface area contributed by atoms with Crippen LogP contribution in [0.15, 0.2) is 12.5 Å². The van der Waals surface area contributed by atoms with Gasteiger partial charge in [-0.3, -0.25) is 0 Å². The summed E-state index contributed by atoms with van der Waals surface area (Å²) in [6, 6.07) is 0. The van der Waals surface area contributed by atoms with Crippen molar-refractivity contribution < 1.29 is 0 Å². The van der Waals surface area contributed by atoms with Crippen LogP contribution in [0.2, 0.25) is 0 Å². The van der Waals surface area contributed by atoms with E-state index in [0.717, 1.165) is 18.1 Å². The lowest BCUT2D eigenvalue weighted by Gasteiger charge is -1.97. The van der Waals surface area contributed by atoms with Gasteiger partial charge in [0.25, 0.3) is 0 Å². The van der Waals surface area contributed by atoms with Gasteiger partial charge in [0.15, 0.2) is 11.5 Å². The molecule has 2 aromatic rings. The van der Waals surface area contributed by atoms with E-state index in [9.17, 15) is 0 Å². The van der Waals surface area contributed by atoms with Gasteiger partial charge in [-0.25, -0.2) is 0 Å². The Morgan fingerprint density at radius 1 is 1.46 bits per heavy atom. The first-order valence-corrected chi connectivity index (χ1v) is 4.05. The molecule has 0 aliphatic heterocycles. The highest BCUT2D eigenvalue weighted by atomic mass is 15.5. The average Bonchev–Trinajstić information content (AvgIpc) is 2.71. The maximum absolute atomic E-state index is 4.14. The largest absolute Gasteiger partial charge is 0.312 e. The molecule has 0 atom stereocenters. The second-order valence-corrected chi connectivity index (χ2v) is 2.66. The Kier molecular flexibility index (Phi) is 1.80. The number of aryl methyl sites for hydroxylation is 2. The molecule has 6 nitrogen and oxygen atoms in total. The molecule has 0 N–H and O–H groups in total. The zero-order chi connectivity index (χ0) is 9.26. The summed E-state index contributed by atoms with van der Waals surface area (Å²) in [7, 11) is 1.77. The molecular formula is C7H10N6. The Morgan fingerprint density at radius 2 is 2.31 bits per heavy atom. The van der Waals surface area contributed by atoms with Gasteiger partial charge in [0, 0.05) is 13.6 Å². The summed E-state index contributed by atoms with van der Waals surface area (Å²) < 4.78 is 1.92. The van der Waals surface area contributed by atoms with Crippen LogP contribution in [0.25, 0.3) is 11.5 Å². The summed E-state index contributed by atoms with van der Waals surface area (Å²) in [5.74, 6) is 0.760. The summed E-state index contributed by atoms with van der Waals surface area (Å²) in [5, 5.41) is 15.9. The van der Waals surface area contributed by atoms with Crippen LogP contribution >= 0.6 is 0 Å². The molecule has 2 heterocycles. The average molecular weight is 178 g/mol. The minimum atomic E-state index is 0.752. The molecule has 0 aliphatic rings. The fourth-order valence-corrected chi connectivity index (χ4v) is 1.13. The molecule has 0 aliphatic carbocycles. The topological polar surface area (TPSA) is 61.4 Å². The molecule has 13 heavy (non-hydrogen) atoms. The zero-order valence-corrected chi connectivity index (χ0v) is 7.55. The fourth-order valence-electron chi connectivity index (χ4n) is 1.13. The van der Waals surface area contributed by atoms with Gasteiger partial charge in [-0.15, -0.1) is 10.2 Å². The summed E-state index contributed by atoms with van der Waals surface area (Å²) in [6.45, 7) is 2.86. The predicted molar refractivity (Wildman–Crippen MR) is 45.7 cm³/mol. The van der Waals surface area contributed by atoms with Crippen molar-refractivity contribution in [2.24, 2.45) is 7.05 Å². The van der Waals surface area contributed by atoms with Crippen LogP contribution in [0.1, 0.15) is 6.92 Å². The smallest absolute Gasteiger partial charge is 0.185 e. The lowest BCUT2D eigenvalue weighted by Crippen LogP contribution is -1.97. The van der Waals surface area contributed by atoms with Crippen LogP contribution < -0.4 is 0 Å². The Balaban J connectivity index is 2.45. The van der Waals surface area contributed by atoms with Crippen molar-refractivity contribution in [3.05, 3.63) is 12.5 Å². The molecule has 0 fully saturated rings. The summed E-state index contributed by atoms with van der Waals surface area (Å²) in [6.07, 6.45) is 3.36. The number of nitrogens with zero attached hydrogens (tertiary/aromatic N) is 6. The lowest BCUT2D eigenvalue weighted by atomic mass is 10.4. The number of hydrogen-bond acceptors (Lipinski definition) is 4. The van der Waals surface area contributed by atoms with Crippen LogP contribution in [-0.2, 0) is 13.6 Å². The molecule has 0 saturated carbocycles. The maximum atomic E-state index is 4.14. The van der Waals surface area contributed by atoms with Crippen LogP contribution in [0, 0.1) is 0 Å². The van der Waals surface area contributed by atoms with Gasteiger partial charge in [0.1, 0.15) is 6.33 Å². The lowest BCUT2D eigenvalue weighted by molar-refractivity contribution is 0.653. The van der Waals surface area contributed by atoms with Crippen LogP contribution in [0.4, 0.5) is 0 Å². The zero-order valence-electron chi connectivity index (χ0n) is 7.55. The Hall–Kier alpha value is -1.72. The third kappa shape index (κ3) is 1.30. The van der Waals surface area contributed by atoms with Gasteiger partial charge in [0.2, 0.25) is 0 Å². The van der Waals surface area contributed by atoms with E-state index in [1.54, 1.807) is 19.6 Å². The first kappa shape index (κ1) is 7.90. The van der Waals surface area contributed by atoms with Gasteiger partial charge in [-0.2, -0.15) is 15.0 Å². The van der Waals surface area contributed by atoms with Crippen LogP contribution in [0.3, 0.4) is 0 Å². The molecule has 6 heteroatoms. The normalized spacial score (nSPS) is 10.6. The molecule has 2 rings (SSSR count). The van der Waals surface area contributed by atoms with Crippen molar-refractivity contribution in [3.8, 4) is 11.5 Å². The molecule has 2 aromatic heterocycles. The highest BCUT2D eigenvalue weighted by molar-refractivity contribution is 5.45. The fraction of sp³-hybridized carbons (Fsp3) is 0.429. The van der Waals surface area contributed by atoms with E-state index in [1.807, 2.05) is 11.5 Å². The van der Waals surface area contributed by atoms with E-state index >= 15 is 0 Å². The minimum Gasteiger partial charge on any atom is -0.312 e. The van der Waals surface area contributed by atoms with E-state index in [2.05, 4.69) is 20.4 Å². The number of hydrogen-bond donors (Lipinski definition) is 0. The molecule has 0 amide bonds. The van der Waals surface area contributed by atoms with Crippen molar-refractivity contribution in [2.75, 3.05) is 0 Å².